The van der Waals surface area contributed by atoms with E-state index in [2.05, 4.69) is 46.4 Å². The van der Waals surface area contributed by atoms with Crippen molar-refractivity contribution < 1.29 is 0 Å². The van der Waals surface area contributed by atoms with Crippen LogP contribution in [0.2, 0.25) is 0 Å². The van der Waals surface area contributed by atoms with Crippen molar-refractivity contribution in [3.8, 4) is 0 Å². The zero-order valence-electron chi connectivity index (χ0n) is 13.0. The van der Waals surface area contributed by atoms with E-state index in [1.54, 1.807) is 0 Å². The van der Waals surface area contributed by atoms with Gasteiger partial charge in [-0.15, -0.1) is 0 Å². The normalized spacial score (nSPS) is 33.4. The Balaban J connectivity index is 2.83. The molecule has 1 saturated carbocycles. The van der Waals surface area contributed by atoms with E-state index in [1.165, 1.54) is 50.5 Å². The quantitative estimate of drug-likeness (QED) is 0.495. The van der Waals surface area contributed by atoms with Gasteiger partial charge in [-0.25, -0.2) is 0 Å². The van der Waals surface area contributed by atoms with Crippen LogP contribution in [0.1, 0.15) is 72.6 Å². The fourth-order valence-corrected chi connectivity index (χ4v) is 4.15. The Morgan fingerprint density at radius 2 is 2.00 bits per heavy atom. The summed E-state index contributed by atoms with van der Waals surface area (Å²) in [4.78, 5) is 0. The van der Waals surface area contributed by atoms with E-state index in [0.717, 1.165) is 11.8 Å². The number of hydrogen-bond acceptors (Lipinski definition) is 0. The Hall–Kier alpha value is -0.520. The van der Waals surface area contributed by atoms with Gasteiger partial charge in [0.15, 0.2) is 0 Å². The van der Waals surface area contributed by atoms with Gasteiger partial charge in [0.2, 0.25) is 0 Å². The smallest absolute Gasteiger partial charge is 0.0158 e. The molecule has 0 radical (unpaired) electrons. The Kier molecular flexibility index (Phi) is 6.18. The third kappa shape index (κ3) is 4.00. The summed E-state index contributed by atoms with van der Waals surface area (Å²) in [5.41, 5.74) is 2.05. The number of allylic oxidation sites excluding steroid dienone is 3. The lowest BCUT2D eigenvalue weighted by atomic mass is 9.62. The minimum Gasteiger partial charge on any atom is -0.0988 e. The van der Waals surface area contributed by atoms with Crippen LogP contribution in [0.4, 0.5) is 0 Å². The van der Waals surface area contributed by atoms with Gasteiger partial charge in [-0.3, -0.25) is 0 Å². The van der Waals surface area contributed by atoms with E-state index in [0.29, 0.717) is 5.41 Å². The monoisotopic (exact) mass is 248 g/mol. The maximum absolute atomic E-state index is 4.00. The standard InChI is InChI=1S/C18H32/c1-6-10-15-12-17(16(8-3)9-4)14-18(5,13-15)11-7-2/h8-9,15,17H,3,6-7,10-14H2,1-2,4-5H3/b16-9+. The molecule has 18 heavy (non-hydrogen) atoms. The highest BCUT2D eigenvalue weighted by molar-refractivity contribution is 5.20. The van der Waals surface area contributed by atoms with Gasteiger partial charge in [-0.2, -0.15) is 0 Å². The molecule has 0 aromatic rings. The fraction of sp³-hybridized carbons (Fsp3) is 0.778. The number of rotatable bonds is 6. The van der Waals surface area contributed by atoms with E-state index >= 15 is 0 Å². The molecule has 0 spiro atoms. The molecule has 0 amide bonds. The first-order chi connectivity index (χ1) is 8.58. The van der Waals surface area contributed by atoms with Crippen molar-refractivity contribution >= 4 is 0 Å². The Labute approximate surface area is 115 Å². The van der Waals surface area contributed by atoms with Crippen molar-refractivity contribution in [1.29, 1.82) is 0 Å². The Bertz CT molecular complexity index is 286. The lowest BCUT2D eigenvalue weighted by Crippen LogP contribution is -2.31. The summed E-state index contributed by atoms with van der Waals surface area (Å²) >= 11 is 0. The van der Waals surface area contributed by atoms with Gasteiger partial charge >= 0.3 is 0 Å². The van der Waals surface area contributed by atoms with Gasteiger partial charge in [0.05, 0.1) is 0 Å². The molecule has 0 aromatic heterocycles. The lowest BCUT2D eigenvalue weighted by molar-refractivity contribution is 0.107. The predicted molar refractivity (Wildman–Crippen MR) is 82.7 cm³/mol. The lowest BCUT2D eigenvalue weighted by Gasteiger charge is -2.43. The highest BCUT2D eigenvalue weighted by Gasteiger charge is 2.36. The van der Waals surface area contributed by atoms with Crippen LogP contribution in [-0.2, 0) is 0 Å². The third-order valence-electron chi connectivity index (χ3n) is 4.73. The average molecular weight is 248 g/mol. The topological polar surface area (TPSA) is 0 Å². The molecule has 0 bridgehead atoms. The molecule has 0 heteroatoms. The van der Waals surface area contributed by atoms with Crippen LogP contribution in [0.3, 0.4) is 0 Å². The fourth-order valence-electron chi connectivity index (χ4n) is 4.15. The van der Waals surface area contributed by atoms with Crippen LogP contribution < -0.4 is 0 Å². The second kappa shape index (κ2) is 7.16. The maximum atomic E-state index is 4.00. The molecule has 0 heterocycles. The van der Waals surface area contributed by atoms with E-state index in [4.69, 9.17) is 0 Å². The summed E-state index contributed by atoms with van der Waals surface area (Å²) in [6.07, 6.45) is 14.0. The molecule has 0 saturated heterocycles. The zero-order chi connectivity index (χ0) is 13.6. The zero-order valence-corrected chi connectivity index (χ0v) is 13.0. The average Bonchev–Trinajstić information content (AvgIpc) is 2.30. The Morgan fingerprint density at radius 3 is 2.50 bits per heavy atom. The Morgan fingerprint density at radius 1 is 1.28 bits per heavy atom. The molecule has 3 unspecified atom stereocenters. The van der Waals surface area contributed by atoms with Crippen molar-refractivity contribution in [2.45, 2.75) is 72.6 Å². The SMILES string of the molecule is C=C/C(=C\C)C1CC(CCC)CC(C)(CCC)C1. The van der Waals surface area contributed by atoms with Gasteiger partial charge in [-0.1, -0.05) is 58.8 Å². The first-order valence-corrected chi connectivity index (χ1v) is 7.87. The number of hydrogen-bond donors (Lipinski definition) is 0. The van der Waals surface area contributed by atoms with Crippen LogP contribution >= 0.6 is 0 Å². The van der Waals surface area contributed by atoms with Crippen LogP contribution in [0.15, 0.2) is 24.3 Å². The van der Waals surface area contributed by atoms with Crippen molar-refractivity contribution in [1.82, 2.24) is 0 Å². The van der Waals surface area contributed by atoms with E-state index < -0.39 is 0 Å². The van der Waals surface area contributed by atoms with Gasteiger partial charge in [0.25, 0.3) is 0 Å². The van der Waals surface area contributed by atoms with Gasteiger partial charge in [0, 0.05) is 0 Å². The molecule has 1 aliphatic rings. The van der Waals surface area contributed by atoms with E-state index in [1.807, 2.05) is 0 Å². The molecule has 1 rings (SSSR count). The van der Waals surface area contributed by atoms with Crippen molar-refractivity contribution in [2.24, 2.45) is 17.3 Å². The molecule has 0 aliphatic heterocycles. The second-order valence-corrected chi connectivity index (χ2v) is 6.55. The highest BCUT2D eigenvalue weighted by atomic mass is 14.4. The molecule has 0 nitrogen and oxygen atoms in total. The second-order valence-electron chi connectivity index (χ2n) is 6.55. The van der Waals surface area contributed by atoms with Crippen molar-refractivity contribution in [2.75, 3.05) is 0 Å². The predicted octanol–water partition coefficient (Wildman–Crippen LogP) is 6.14. The summed E-state index contributed by atoms with van der Waals surface area (Å²) in [6.45, 7) is 13.3. The van der Waals surface area contributed by atoms with Crippen LogP contribution in [0.25, 0.3) is 0 Å². The molecule has 3 atom stereocenters. The molecule has 1 fully saturated rings. The molecule has 0 N–H and O–H groups in total. The molecule has 0 aromatic carbocycles. The van der Waals surface area contributed by atoms with Gasteiger partial charge in [-0.05, 0) is 55.4 Å². The third-order valence-corrected chi connectivity index (χ3v) is 4.73. The van der Waals surface area contributed by atoms with Gasteiger partial charge < -0.3 is 0 Å². The summed E-state index contributed by atoms with van der Waals surface area (Å²) in [5, 5.41) is 0. The minimum absolute atomic E-state index is 0.564. The van der Waals surface area contributed by atoms with Crippen LogP contribution in [-0.4, -0.2) is 0 Å². The first-order valence-electron chi connectivity index (χ1n) is 7.87. The van der Waals surface area contributed by atoms with Crippen molar-refractivity contribution in [3.05, 3.63) is 24.3 Å². The molecular weight excluding hydrogens is 216 g/mol. The van der Waals surface area contributed by atoms with E-state index in [-0.39, 0.29) is 0 Å². The largest absolute Gasteiger partial charge is 0.0988 e. The maximum Gasteiger partial charge on any atom is -0.0158 e. The summed E-state index contributed by atoms with van der Waals surface area (Å²) in [5.74, 6) is 1.69. The van der Waals surface area contributed by atoms with Crippen molar-refractivity contribution in [3.63, 3.8) is 0 Å². The van der Waals surface area contributed by atoms with Gasteiger partial charge in [0.1, 0.15) is 0 Å². The van der Waals surface area contributed by atoms with Crippen LogP contribution in [0.5, 0.6) is 0 Å². The summed E-state index contributed by atoms with van der Waals surface area (Å²) in [7, 11) is 0. The summed E-state index contributed by atoms with van der Waals surface area (Å²) in [6, 6.07) is 0. The van der Waals surface area contributed by atoms with E-state index in [9.17, 15) is 0 Å². The van der Waals surface area contributed by atoms with Crippen LogP contribution in [0, 0.1) is 17.3 Å². The minimum atomic E-state index is 0.564. The molecular formula is C18H32. The molecule has 104 valence electrons. The highest BCUT2D eigenvalue weighted by Crippen LogP contribution is 2.48. The molecule has 1 aliphatic carbocycles. The first kappa shape index (κ1) is 15.5. The summed E-state index contributed by atoms with van der Waals surface area (Å²) < 4.78 is 0.